The standard InChI is InChI=1S/C59H37NS/c1-2-14-38(15-3-1)39-28-33-42(34-29-39)60(43-35-30-41(31-36-43)44-21-13-27-55-56(44)50-20-8-11-26-54(50)61-55)53-25-12-22-48-49-37-32-40-16-4-5-17-45(40)57(49)59(58(48)53)51-23-9-6-18-46(51)47-19-7-10-24-52(47)59/h1-37H. The predicted octanol–water partition coefficient (Wildman–Crippen LogP) is 16.4. The van der Waals surface area contributed by atoms with E-state index in [1.807, 2.05) is 11.3 Å². The van der Waals surface area contributed by atoms with Crippen LogP contribution in [0.5, 0.6) is 0 Å². The quantitative estimate of drug-likeness (QED) is 0.168. The Kier molecular flexibility index (Phi) is 7.46. The summed E-state index contributed by atoms with van der Waals surface area (Å²) in [5, 5.41) is 5.20. The Morgan fingerprint density at radius 2 is 0.869 bits per heavy atom. The van der Waals surface area contributed by atoms with Crippen molar-refractivity contribution >= 4 is 59.3 Å². The van der Waals surface area contributed by atoms with Crippen LogP contribution in [0.4, 0.5) is 17.1 Å². The molecular weight excluding hydrogens is 755 g/mol. The molecule has 0 bridgehead atoms. The van der Waals surface area contributed by atoms with Crippen molar-refractivity contribution in [2.24, 2.45) is 0 Å². The summed E-state index contributed by atoms with van der Waals surface area (Å²) in [4.78, 5) is 2.51. The van der Waals surface area contributed by atoms with Crippen molar-refractivity contribution < 1.29 is 0 Å². The van der Waals surface area contributed by atoms with Crippen LogP contribution in [0, 0.1) is 0 Å². The minimum atomic E-state index is -0.548. The second-order valence-electron chi connectivity index (χ2n) is 16.3. The van der Waals surface area contributed by atoms with Crippen LogP contribution in [0.2, 0.25) is 0 Å². The molecule has 13 rings (SSSR count). The van der Waals surface area contributed by atoms with Crippen LogP contribution >= 0.6 is 11.3 Å². The Morgan fingerprint density at radius 1 is 0.328 bits per heavy atom. The Bertz CT molecular complexity index is 3480. The summed E-state index contributed by atoms with van der Waals surface area (Å²) >= 11 is 1.87. The van der Waals surface area contributed by atoms with Crippen LogP contribution in [0.15, 0.2) is 224 Å². The molecule has 2 aliphatic rings. The molecule has 11 aromatic rings. The maximum absolute atomic E-state index is 2.51. The smallest absolute Gasteiger partial charge is 0.0752 e. The molecule has 61 heavy (non-hydrogen) atoms. The molecule has 0 saturated carbocycles. The molecular formula is C59H37NS. The topological polar surface area (TPSA) is 3.24 Å². The van der Waals surface area contributed by atoms with Gasteiger partial charge in [-0.1, -0.05) is 182 Å². The maximum Gasteiger partial charge on any atom is 0.0752 e. The first kappa shape index (κ1) is 34.4. The minimum Gasteiger partial charge on any atom is -0.310 e. The summed E-state index contributed by atoms with van der Waals surface area (Å²) < 4.78 is 2.64. The van der Waals surface area contributed by atoms with E-state index in [9.17, 15) is 0 Å². The third-order valence-corrected chi connectivity index (χ3v) is 14.4. The van der Waals surface area contributed by atoms with Crippen molar-refractivity contribution in [3.63, 3.8) is 0 Å². The lowest BCUT2D eigenvalue weighted by molar-refractivity contribution is 0.800. The van der Waals surface area contributed by atoms with Crippen LogP contribution in [0.3, 0.4) is 0 Å². The zero-order valence-electron chi connectivity index (χ0n) is 33.2. The van der Waals surface area contributed by atoms with E-state index in [-0.39, 0.29) is 0 Å². The Morgan fingerprint density at radius 3 is 1.62 bits per heavy atom. The zero-order chi connectivity index (χ0) is 40.1. The van der Waals surface area contributed by atoms with Crippen molar-refractivity contribution in [1.29, 1.82) is 0 Å². The Balaban J connectivity index is 1.08. The normalized spacial score (nSPS) is 13.0. The second kappa shape index (κ2) is 13.2. The molecule has 0 atom stereocenters. The lowest BCUT2D eigenvalue weighted by Crippen LogP contribution is -2.28. The van der Waals surface area contributed by atoms with Crippen molar-refractivity contribution in [2.75, 3.05) is 4.90 Å². The van der Waals surface area contributed by atoms with Crippen LogP contribution in [0.1, 0.15) is 22.3 Å². The summed E-state index contributed by atoms with van der Waals surface area (Å²) in [6, 6.07) is 83.6. The third-order valence-electron chi connectivity index (χ3n) is 13.3. The highest BCUT2D eigenvalue weighted by Crippen LogP contribution is 2.66. The third kappa shape index (κ3) is 4.88. The summed E-state index contributed by atoms with van der Waals surface area (Å²) in [7, 11) is 0. The summed E-state index contributed by atoms with van der Waals surface area (Å²) in [6.07, 6.45) is 0. The van der Waals surface area contributed by atoms with Crippen LogP contribution in [-0.2, 0) is 5.41 Å². The number of thiophene rings is 1. The zero-order valence-corrected chi connectivity index (χ0v) is 34.0. The molecule has 10 aromatic carbocycles. The van der Waals surface area contributed by atoms with Gasteiger partial charge in [0.2, 0.25) is 0 Å². The molecule has 0 aliphatic heterocycles. The predicted molar refractivity (Wildman–Crippen MR) is 259 cm³/mol. The molecule has 2 heteroatoms. The fraction of sp³-hybridized carbons (Fsp3) is 0.0169. The second-order valence-corrected chi connectivity index (χ2v) is 17.4. The van der Waals surface area contributed by atoms with E-state index in [1.165, 1.54) is 103 Å². The van der Waals surface area contributed by atoms with E-state index in [1.54, 1.807) is 0 Å². The van der Waals surface area contributed by atoms with Gasteiger partial charge in [0, 0.05) is 37.1 Å². The van der Waals surface area contributed by atoms with Gasteiger partial charge in [0.25, 0.3) is 0 Å². The molecule has 1 spiro atoms. The minimum absolute atomic E-state index is 0.548. The number of rotatable bonds is 5. The fourth-order valence-electron chi connectivity index (χ4n) is 10.8. The number of nitrogens with zero attached hydrogens (tertiary/aromatic N) is 1. The number of hydrogen-bond acceptors (Lipinski definition) is 2. The van der Waals surface area contributed by atoms with E-state index < -0.39 is 5.41 Å². The maximum atomic E-state index is 2.51. The molecule has 1 nitrogen and oxygen atoms in total. The SMILES string of the molecule is c1ccc(-c2ccc(N(c3ccc(-c4cccc5sc6ccccc6c45)cc3)c3cccc4c3C3(c5ccccc5-c5ccccc53)c3c-4ccc4ccccc34)cc2)cc1. The molecule has 1 aromatic heterocycles. The first-order valence-electron chi connectivity index (χ1n) is 21.1. The monoisotopic (exact) mass is 791 g/mol. The van der Waals surface area contributed by atoms with Gasteiger partial charge < -0.3 is 4.90 Å². The van der Waals surface area contributed by atoms with Crippen molar-refractivity contribution in [1.82, 2.24) is 0 Å². The van der Waals surface area contributed by atoms with Gasteiger partial charge in [-0.3, -0.25) is 0 Å². The number of benzene rings is 10. The van der Waals surface area contributed by atoms with Gasteiger partial charge in [-0.25, -0.2) is 0 Å². The van der Waals surface area contributed by atoms with Gasteiger partial charge in [0.15, 0.2) is 0 Å². The van der Waals surface area contributed by atoms with E-state index in [0.29, 0.717) is 0 Å². The van der Waals surface area contributed by atoms with Gasteiger partial charge in [0.05, 0.1) is 11.1 Å². The van der Waals surface area contributed by atoms with Gasteiger partial charge in [0.1, 0.15) is 0 Å². The van der Waals surface area contributed by atoms with E-state index in [0.717, 1.165) is 11.4 Å². The fourth-order valence-corrected chi connectivity index (χ4v) is 11.9. The Labute approximate surface area is 359 Å². The Hall–Kier alpha value is -7.52. The number of hydrogen-bond donors (Lipinski definition) is 0. The highest BCUT2D eigenvalue weighted by molar-refractivity contribution is 7.25. The molecule has 0 amide bonds. The highest BCUT2D eigenvalue weighted by Gasteiger charge is 2.54. The first-order chi connectivity index (χ1) is 30.3. The highest BCUT2D eigenvalue weighted by atomic mass is 32.1. The van der Waals surface area contributed by atoms with Crippen LogP contribution in [-0.4, -0.2) is 0 Å². The van der Waals surface area contributed by atoms with Crippen LogP contribution in [0.25, 0.3) is 75.5 Å². The average Bonchev–Trinajstić information content (AvgIpc) is 3.97. The molecule has 2 aliphatic carbocycles. The first-order valence-corrected chi connectivity index (χ1v) is 21.9. The van der Waals surface area contributed by atoms with Crippen LogP contribution < -0.4 is 4.90 Å². The lowest BCUT2D eigenvalue weighted by atomic mass is 9.68. The largest absolute Gasteiger partial charge is 0.310 e. The van der Waals surface area contributed by atoms with Gasteiger partial charge >= 0.3 is 0 Å². The van der Waals surface area contributed by atoms with E-state index in [4.69, 9.17) is 0 Å². The summed E-state index contributed by atoms with van der Waals surface area (Å²) in [5.41, 5.74) is 18.3. The van der Waals surface area contributed by atoms with Gasteiger partial charge in [-0.05, 0) is 114 Å². The number of anilines is 3. The average molecular weight is 792 g/mol. The molecule has 284 valence electrons. The van der Waals surface area contributed by atoms with Gasteiger partial charge in [-0.2, -0.15) is 0 Å². The molecule has 0 radical (unpaired) electrons. The van der Waals surface area contributed by atoms with Crippen molar-refractivity contribution in [3.8, 4) is 44.5 Å². The molecule has 0 saturated heterocycles. The van der Waals surface area contributed by atoms with Gasteiger partial charge in [-0.15, -0.1) is 11.3 Å². The molecule has 1 heterocycles. The lowest BCUT2D eigenvalue weighted by Gasteiger charge is -2.36. The molecule has 0 N–H and O–H groups in total. The van der Waals surface area contributed by atoms with Crippen molar-refractivity contribution in [3.05, 3.63) is 247 Å². The number of fused-ring (bicyclic) bond motifs is 15. The van der Waals surface area contributed by atoms with E-state index in [2.05, 4.69) is 229 Å². The molecule has 0 fully saturated rings. The molecule has 0 unspecified atom stereocenters. The van der Waals surface area contributed by atoms with E-state index >= 15 is 0 Å². The summed E-state index contributed by atoms with van der Waals surface area (Å²) in [5.74, 6) is 0. The van der Waals surface area contributed by atoms with Crippen molar-refractivity contribution in [2.45, 2.75) is 5.41 Å². The summed E-state index contributed by atoms with van der Waals surface area (Å²) in [6.45, 7) is 0.